The van der Waals surface area contributed by atoms with E-state index in [1.807, 2.05) is 67.3 Å². The summed E-state index contributed by atoms with van der Waals surface area (Å²) in [5, 5.41) is 7.27. The number of nitrogens with one attached hydrogen (secondary N) is 2. The minimum atomic E-state index is 0. The Balaban J connectivity index is 0.00000341. The molecule has 168 valence electrons. The highest BCUT2D eigenvalue weighted by molar-refractivity contribution is 14.0. The second-order valence-corrected chi connectivity index (χ2v) is 7.94. The van der Waals surface area contributed by atoms with Gasteiger partial charge in [0.2, 0.25) is 0 Å². The Labute approximate surface area is 206 Å². The van der Waals surface area contributed by atoms with Crippen LogP contribution in [0.15, 0.2) is 53.5 Å². The number of ether oxygens (including phenoxy) is 1. The summed E-state index contributed by atoms with van der Waals surface area (Å²) in [4.78, 5) is 18.9. The van der Waals surface area contributed by atoms with Crippen LogP contribution in [0, 0.1) is 0 Å². The molecule has 1 fully saturated rings. The molecule has 0 bridgehead atoms. The van der Waals surface area contributed by atoms with E-state index in [0.29, 0.717) is 37.7 Å². The third kappa shape index (κ3) is 7.36. The minimum Gasteiger partial charge on any atom is -0.372 e. The van der Waals surface area contributed by atoms with Gasteiger partial charge in [-0.1, -0.05) is 41.9 Å². The van der Waals surface area contributed by atoms with Crippen molar-refractivity contribution in [2.45, 2.75) is 39.1 Å². The van der Waals surface area contributed by atoms with Gasteiger partial charge in [-0.2, -0.15) is 0 Å². The lowest BCUT2D eigenvalue weighted by Gasteiger charge is -2.35. The van der Waals surface area contributed by atoms with Crippen molar-refractivity contribution >= 4 is 47.4 Å². The van der Waals surface area contributed by atoms with Crippen molar-refractivity contribution in [3.8, 4) is 0 Å². The number of morpholine rings is 1. The molecule has 6 nitrogen and oxygen atoms in total. The van der Waals surface area contributed by atoms with Crippen LogP contribution in [-0.2, 0) is 17.8 Å². The summed E-state index contributed by atoms with van der Waals surface area (Å²) in [5.74, 6) is 0.736. The van der Waals surface area contributed by atoms with Crippen LogP contribution >= 0.6 is 35.6 Å². The van der Waals surface area contributed by atoms with Crippen molar-refractivity contribution in [2.24, 2.45) is 4.99 Å². The number of benzene rings is 2. The summed E-state index contributed by atoms with van der Waals surface area (Å²) in [6.07, 6.45) is 0.123. The fourth-order valence-corrected chi connectivity index (χ4v) is 3.72. The second kappa shape index (κ2) is 12.3. The molecule has 0 aliphatic carbocycles. The summed E-state index contributed by atoms with van der Waals surface area (Å²) in [7, 11) is 1.73. The third-order valence-corrected chi connectivity index (χ3v) is 5.36. The lowest BCUT2D eigenvalue weighted by atomic mass is 10.1. The Morgan fingerprint density at radius 1 is 1.06 bits per heavy atom. The Hall–Kier alpha value is -1.84. The van der Waals surface area contributed by atoms with Gasteiger partial charge in [-0.25, -0.2) is 0 Å². The van der Waals surface area contributed by atoms with Crippen molar-refractivity contribution < 1.29 is 9.53 Å². The number of amides is 1. The normalized spacial score (nSPS) is 18.8. The van der Waals surface area contributed by atoms with Crippen LogP contribution in [-0.4, -0.2) is 49.1 Å². The average molecular weight is 557 g/mol. The zero-order chi connectivity index (χ0) is 21.5. The van der Waals surface area contributed by atoms with Gasteiger partial charge in [-0.15, -0.1) is 24.0 Å². The summed E-state index contributed by atoms with van der Waals surface area (Å²) < 4.78 is 5.71. The fraction of sp³-hybridized carbons (Fsp3) is 0.391. The highest BCUT2D eigenvalue weighted by atomic mass is 127. The maximum Gasteiger partial charge on any atom is 0.254 e. The number of halogens is 2. The smallest absolute Gasteiger partial charge is 0.254 e. The number of aliphatic imine (C=N–C) groups is 1. The molecule has 2 aromatic rings. The van der Waals surface area contributed by atoms with Gasteiger partial charge in [0, 0.05) is 43.8 Å². The maximum atomic E-state index is 12.8. The van der Waals surface area contributed by atoms with Crippen molar-refractivity contribution in [1.29, 1.82) is 0 Å². The average Bonchev–Trinajstić information content (AvgIpc) is 2.74. The van der Waals surface area contributed by atoms with Crippen LogP contribution < -0.4 is 10.6 Å². The van der Waals surface area contributed by atoms with Gasteiger partial charge in [-0.05, 0) is 43.2 Å². The predicted molar refractivity (Wildman–Crippen MR) is 136 cm³/mol. The highest BCUT2D eigenvalue weighted by Crippen LogP contribution is 2.16. The molecule has 1 saturated heterocycles. The second-order valence-electron chi connectivity index (χ2n) is 7.54. The summed E-state index contributed by atoms with van der Waals surface area (Å²) in [6, 6.07) is 15.4. The van der Waals surface area contributed by atoms with Crippen LogP contribution in [0.1, 0.15) is 35.3 Å². The lowest BCUT2D eigenvalue weighted by Crippen LogP contribution is -2.48. The first kappa shape index (κ1) is 25.4. The minimum absolute atomic E-state index is 0. The Kier molecular flexibility index (Phi) is 10.1. The van der Waals surface area contributed by atoms with E-state index in [9.17, 15) is 4.79 Å². The van der Waals surface area contributed by atoms with E-state index in [0.717, 1.165) is 16.1 Å². The van der Waals surface area contributed by atoms with Gasteiger partial charge in [0.15, 0.2) is 5.96 Å². The first-order chi connectivity index (χ1) is 14.5. The molecule has 1 aliphatic rings. The molecular formula is C23H30ClIN4O2. The molecule has 0 saturated carbocycles. The third-order valence-electron chi connectivity index (χ3n) is 5.00. The van der Waals surface area contributed by atoms with Crippen LogP contribution in [0.2, 0.25) is 5.02 Å². The molecule has 2 aromatic carbocycles. The first-order valence-corrected chi connectivity index (χ1v) is 10.6. The Bertz CT molecular complexity index is 881. The predicted octanol–water partition coefficient (Wildman–Crippen LogP) is 4.07. The summed E-state index contributed by atoms with van der Waals surface area (Å²) >= 11 is 6.20. The zero-order valence-corrected chi connectivity index (χ0v) is 21.2. The zero-order valence-electron chi connectivity index (χ0n) is 18.1. The van der Waals surface area contributed by atoms with Crippen LogP contribution in [0.25, 0.3) is 0 Å². The molecule has 2 atom stereocenters. The number of hydrogen-bond donors (Lipinski definition) is 2. The Morgan fingerprint density at radius 2 is 1.68 bits per heavy atom. The molecule has 31 heavy (non-hydrogen) atoms. The van der Waals surface area contributed by atoms with E-state index in [-0.39, 0.29) is 42.1 Å². The number of nitrogens with zero attached hydrogens (tertiary/aromatic N) is 2. The van der Waals surface area contributed by atoms with Crippen molar-refractivity contribution in [3.05, 3.63) is 70.2 Å². The molecule has 0 radical (unpaired) electrons. The Morgan fingerprint density at radius 3 is 2.29 bits per heavy atom. The standard InChI is InChI=1S/C23H29ClN4O2.HI/c1-16-14-28(15-17(2)30-16)22(29)19-10-8-18(9-11-19)12-26-23(25-3)27-13-20-6-4-5-7-21(20)24;/h4-11,16-17H,12-15H2,1-3H3,(H2,25,26,27);1H. The molecule has 0 spiro atoms. The molecule has 2 N–H and O–H groups in total. The van der Waals surface area contributed by atoms with E-state index >= 15 is 0 Å². The van der Waals surface area contributed by atoms with Crippen molar-refractivity contribution in [2.75, 3.05) is 20.1 Å². The van der Waals surface area contributed by atoms with E-state index in [1.165, 1.54) is 0 Å². The molecule has 1 aliphatic heterocycles. The van der Waals surface area contributed by atoms with Crippen molar-refractivity contribution in [1.82, 2.24) is 15.5 Å². The number of hydrogen-bond acceptors (Lipinski definition) is 3. The lowest BCUT2D eigenvalue weighted by molar-refractivity contribution is -0.0586. The highest BCUT2D eigenvalue weighted by Gasteiger charge is 2.26. The van der Waals surface area contributed by atoms with Gasteiger partial charge in [0.05, 0.1) is 12.2 Å². The molecule has 2 unspecified atom stereocenters. The topological polar surface area (TPSA) is 66.0 Å². The van der Waals surface area contributed by atoms with Crippen LogP contribution in [0.4, 0.5) is 0 Å². The quantitative estimate of drug-likeness (QED) is 0.331. The molecule has 1 amide bonds. The molecular weight excluding hydrogens is 527 g/mol. The molecule has 1 heterocycles. The SMILES string of the molecule is CN=C(NCc1ccc(C(=O)N2CC(C)OC(C)C2)cc1)NCc1ccccc1Cl.I. The van der Waals surface area contributed by atoms with E-state index in [1.54, 1.807) is 7.05 Å². The monoisotopic (exact) mass is 556 g/mol. The van der Waals surface area contributed by atoms with Crippen LogP contribution in [0.3, 0.4) is 0 Å². The van der Waals surface area contributed by atoms with Gasteiger partial charge in [-0.3, -0.25) is 9.79 Å². The number of carbonyl (C=O) groups is 1. The van der Waals surface area contributed by atoms with Gasteiger partial charge >= 0.3 is 0 Å². The molecule has 3 rings (SSSR count). The van der Waals surface area contributed by atoms with Crippen molar-refractivity contribution in [3.63, 3.8) is 0 Å². The van der Waals surface area contributed by atoms with Crippen LogP contribution in [0.5, 0.6) is 0 Å². The number of guanidine groups is 1. The number of carbonyl (C=O) groups excluding carboxylic acids is 1. The van der Waals surface area contributed by atoms with E-state index in [2.05, 4.69) is 15.6 Å². The van der Waals surface area contributed by atoms with Gasteiger partial charge < -0.3 is 20.3 Å². The first-order valence-electron chi connectivity index (χ1n) is 10.2. The molecule has 8 heteroatoms. The molecule has 0 aromatic heterocycles. The number of rotatable bonds is 5. The fourth-order valence-electron chi connectivity index (χ4n) is 3.52. The summed E-state index contributed by atoms with van der Waals surface area (Å²) in [6.45, 7) is 6.43. The van der Waals surface area contributed by atoms with Gasteiger partial charge in [0.1, 0.15) is 0 Å². The maximum absolute atomic E-state index is 12.8. The summed E-state index contributed by atoms with van der Waals surface area (Å²) in [5.41, 5.74) is 2.77. The largest absolute Gasteiger partial charge is 0.372 e. The van der Waals surface area contributed by atoms with Gasteiger partial charge in [0.25, 0.3) is 5.91 Å². The van der Waals surface area contributed by atoms with E-state index in [4.69, 9.17) is 16.3 Å². The van der Waals surface area contributed by atoms with E-state index < -0.39 is 0 Å².